The summed E-state index contributed by atoms with van der Waals surface area (Å²) >= 11 is 0. The molecule has 2 N–H and O–H groups in total. The second-order valence-corrected chi connectivity index (χ2v) is 8.55. The van der Waals surface area contributed by atoms with E-state index in [0.717, 1.165) is 33.9 Å². The number of benzene rings is 2. The van der Waals surface area contributed by atoms with Gasteiger partial charge in [0.15, 0.2) is 0 Å². The van der Waals surface area contributed by atoms with Gasteiger partial charge in [-0.15, -0.1) is 0 Å². The standard InChI is InChI=1S/C27H29N5O3/c1-19-15-28-18-32(19)23-10-9-22(14-24(23)34-2)29-26-11-8-21-16-31(12-13-33)17-25(35-27(21)30-26)20-6-4-3-5-7-20/h3-11,14-15,18,25,33H,12-13,16-17H2,1-2H3,(H,29,30)/t25-/m0/s1. The van der Waals surface area contributed by atoms with Crippen LogP contribution in [0.3, 0.4) is 0 Å². The van der Waals surface area contributed by atoms with Crippen molar-refractivity contribution in [3.8, 4) is 17.3 Å². The lowest BCUT2D eigenvalue weighted by atomic mass is 10.1. The molecule has 0 amide bonds. The fourth-order valence-corrected chi connectivity index (χ4v) is 4.34. The summed E-state index contributed by atoms with van der Waals surface area (Å²) in [6.45, 7) is 4.02. The van der Waals surface area contributed by atoms with Crippen LogP contribution in [-0.4, -0.2) is 51.3 Å². The number of methoxy groups -OCH3 is 1. The van der Waals surface area contributed by atoms with Crippen molar-refractivity contribution in [1.82, 2.24) is 19.4 Å². The summed E-state index contributed by atoms with van der Waals surface area (Å²) in [5, 5.41) is 12.9. The number of β-amino-alcohol motifs (C(OH)–C–C–N with tert-alkyl or cyclic N) is 1. The highest BCUT2D eigenvalue weighted by atomic mass is 16.5. The van der Waals surface area contributed by atoms with Crippen LogP contribution in [0.1, 0.15) is 22.9 Å². The summed E-state index contributed by atoms with van der Waals surface area (Å²) in [4.78, 5) is 11.2. The van der Waals surface area contributed by atoms with Gasteiger partial charge in [-0.25, -0.2) is 4.98 Å². The Morgan fingerprint density at radius 1 is 1.14 bits per heavy atom. The van der Waals surface area contributed by atoms with Crippen molar-refractivity contribution in [2.24, 2.45) is 0 Å². The van der Waals surface area contributed by atoms with E-state index in [4.69, 9.17) is 14.5 Å². The average molecular weight is 472 g/mol. The number of aliphatic hydroxyl groups is 1. The Labute approximate surface area is 204 Å². The molecule has 8 nitrogen and oxygen atoms in total. The second-order valence-electron chi connectivity index (χ2n) is 8.55. The lowest BCUT2D eigenvalue weighted by Crippen LogP contribution is -2.30. The molecule has 0 aliphatic carbocycles. The molecular formula is C27H29N5O3. The van der Waals surface area contributed by atoms with Gasteiger partial charge in [-0.05, 0) is 36.8 Å². The summed E-state index contributed by atoms with van der Waals surface area (Å²) < 4.78 is 14.0. The van der Waals surface area contributed by atoms with Gasteiger partial charge in [-0.1, -0.05) is 30.3 Å². The Morgan fingerprint density at radius 2 is 2.00 bits per heavy atom. The Kier molecular flexibility index (Phi) is 6.65. The highest BCUT2D eigenvalue weighted by molar-refractivity contribution is 5.64. The highest BCUT2D eigenvalue weighted by Crippen LogP contribution is 2.33. The summed E-state index contributed by atoms with van der Waals surface area (Å²) in [6.07, 6.45) is 3.41. The number of pyridine rings is 1. The molecule has 0 saturated carbocycles. The second kappa shape index (κ2) is 10.2. The predicted molar refractivity (Wildman–Crippen MR) is 135 cm³/mol. The molecule has 0 fully saturated rings. The summed E-state index contributed by atoms with van der Waals surface area (Å²) in [7, 11) is 1.66. The van der Waals surface area contributed by atoms with E-state index in [0.29, 0.717) is 31.3 Å². The minimum Gasteiger partial charge on any atom is -0.494 e. The van der Waals surface area contributed by atoms with Crippen molar-refractivity contribution >= 4 is 11.5 Å². The zero-order valence-corrected chi connectivity index (χ0v) is 19.9. The van der Waals surface area contributed by atoms with Crippen LogP contribution in [0.5, 0.6) is 11.6 Å². The number of anilines is 2. The molecule has 1 atom stereocenters. The Hall–Kier alpha value is -3.88. The van der Waals surface area contributed by atoms with Crippen LogP contribution in [0.25, 0.3) is 5.69 Å². The van der Waals surface area contributed by atoms with Crippen molar-refractivity contribution in [3.05, 3.63) is 90.0 Å². The third kappa shape index (κ3) is 4.99. The first kappa shape index (κ1) is 22.9. The molecule has 0 unspecified atom stereocenters. The third-order valence-corrected chi connectivity index (χ3v) is 6.13. The molecule has 2 aromatic heterocycles. The number of nitrogens with zero attached hydrogens (tertiary/aromatic N) is 4. The Balaban J connectivity index is 1.42. The van der Waals surface area contributed by atoms with E-state index < -0.39 is 0 Å². The van der Waals surface area contributed by atoms with Crippen LogP contribution in [0.15, 0.2) is 73.2 Å². The minimum atomic E-state index is -0.176. The molecular weight excluding hydrogens is 442 g/mol. The SMILES string of the molecule is COc1cc(Nc2ccc3c(n2)O[C@H](c2ccccc2)CN(CCO)C3)ccc1-n1cncc1C. The first-order chi connectivity index (χ1) is 17.1. The van der Waals surface area contributed by atoms with Crippen molar-refractivity contribution < 1.29 is 14.6 Å². The Morgan fingerprint density at radius 3 is 2.74 bits per heavy atom. The molecule has 4 aromatic rings. The van der Waals surface area contributed by atoms with Gasteiger partial charge >= 0.3 is 0 Å². The zero-order chi connectivity index (χ0) is 24.2. The normalized spacial score (nSPS) is 15.7. The third-order valence-electron chi connectivity index (χ3n) is 6.13. The number of hydrogen-bond acceptors (Lipinski definition) is 7. The number of aliphatic hydroxyl groups excluding tert-OH is 1. The summed E-state index contributed by atoms with van der Waals surface area (Å²) in [5.41, 5.74) is 4.87. The topological polar surface area (TPSA) is 84.7 Å². The number of hydrogen-bond donors (Lipinski definition) is 2. The summed E-state index contributed by atoms with van der Waals surface area (Å²) in [6, 6.07) is 20.0. The molecule has 0 spiro atoms. The van der Waals surface area contributed by atoms with E-state index in [-0.39, 0.29) is 12.7 Å². The maximum atomic E-state index is 9.54. The van der Waals surface area contributed by atoms with E-state index in [9.17, 15) is 5.11 Å². The number of imidazole rings is 1. The minimum absolute atomic E-state index is 0.0976. The fourth-order valence-electron chi connectivity index (χ4n) is 4.34. The van der Waals surface area contributed by atoms with Crippen molar-refractivity contribution in [1.29, 1.82) is 0 Å². The van der Waals surface area contributed by atoms with Gasteiger partial charge in [0.25, 0.3) is 0 Å². The van der Waals surface area contributed by atoms with Crippen LogP contribution < -0.4 is 14.8 Å². The number of ether oxygens (including phenoxy) is 2. The maximum Gasteiger partial charge on any atom is 0.220 e. The van der Waals surface area contributed by atoms with Crippen LogP contribution in [0.4, 0.5) is 11.5 Å². The molecule has 2 aromatic carbocycles. The molecule has 1 aliphatic heterocycles. The van der Waals surface area contributed by atoms with E-state index in [1.165, 1.54) is 0 Å². The van der Waals surface area contributed by atoms with Crippen LogP contribution in [0, 0.1) is 6.92 Å². The van der Waals surface area contributed by atoms with Gasteiger partial charge in [0.2, 0.25) is 5.88 Å². The van der Waals surface area contributed by atoms with E-state index >= 15 is 0 Å². The van der Waals surface area contributed by atoms with Gasteiger partial charge in [-0.3, -0.25) is 9.47 Å². The summed E-state index contributed by atoms with van der Waals surface area (Å²) in [5.74, 6) is 2.01. The molecule has 3 heterocycles. The van der Waals surface area contributed by atoms with Crippen LogP contribution in [-0.2, 0) is 6.54 Å². The van der Waals surface area contributed by atoms with E-state index in [2.05, 4.69) is 27.3 Å². The number of aryl methyl sites for hydroxylation is 1. The maximum absolute atomic E-state index is 9.54. The monoisotopic (exact) mass is 471 g/mol. The molecule has 0 saturated heterocycles. The first-order valence-electron chi connectivity index (χ1n) is 11.6. The fraction of sp³-hybridized carbons (Fsp3) is 0.259. The molecule has 1 aliphatic rings. The zero-order valence-electron chi connectivity index (χ0n) is 19.9. The number of nitrogens with one attached hydrogen (secondary N) is 1. The van der Waals surface area contributed by atoms with Gasteiger partial charge in [0.1, 0.15) is 17.7 Å². The predicted octanol–water partition coefficient (Wildman–Crippen LogP) is 4.26. The molecule has 35 heavy (non-hydrogen) atoms. The van der Waals surface area contributed by atoms with Crippen LogP contribution >= 0.6 is 0 Å². The van der Waals surface area contributed by atoms with Gasteiger partial charge < -0.3 is 19.9 Å². The van der Waals surface area contributed by atoms with Crippen molar-refractivity contribution in [2.45, 2.75) is 19.6 Å². The largest absolute Gasteiger partial charge is 0.494 e. The smallest absolute Gasteiger partial charge is 0.220 e. The number of aromatic nitrogens is 3. The highest BCUT2D eigenvalue weighted by Gasteiger charge is 2.25. The Bertz CT molecular complexity index is 1290. The van der Waals surface area contributed by atoms with Crippen molar-refractivity contribution in [2.75, 3.05) is 32.1 Å². The van der Waals surface area contributed by atoms with E-state index in [1.54, 1.807) is 13.4 Å². The number of fused-ring (bicyclic) bond motifs is 1. The van der Waals surface area contributed by atoms with E-state index in [1.807, 2.05) is 66.2 Å². The van der Waals surface area contributed by atoms with Gasteiger partial charge in [0.05, 0.1) is 25.7 Å². The molecule has 180 valence electrons. The lowest BCUT2D eigenvalue weighted by Gasteiger charge is -2.23. The van der Waals surface area contributed by atoms with Crippen molar-refractivity contribution in [3.63, 3.8) is 0 Å². The number of rotatable bonds is 7. The quantitative estimate of drug-likeness (QED) is 0.417. The average Bonchev–Trinajstić information content (AvgIpc) is 3.22. The molecule has 0 radical (unpaired) electrons. The van der Waals surface area contributed by atoms with Crippen LogP contribution in [0.2, 0.25) is 0 Å². The lowest BCUT2D eigenvalue weighted by molar-refractivity contribution is 0.126. The molecule has 0 bridgehead atoms. The molecule has 5 rings (SSSR count). The first-order valence-corrected chi connectivity index (χ1v) is 11.6. The molecule has 8 heteroatoms. The van der Waals surface area contributed by atoms with Gasteiger partial charge in [0, 0.05) is 48.8 Å². The van der Waals surface area contributed by atoms with Gasteiger partial charge in [-0.2, -0.15) is 4.98 Å².